The molecule has 0 unspecified atom stereocenters. The average Bonchev–Trinajstić information content (AvgIpc) is 2.69. The molecule has 0 amide bonds. The molecule has 3 nitrogen and oxygen atoms in total. The van der Waals surface area contributed by atoms with Gasteiger partial charge in [-0.05, 0) is 18.2 Å². The summed E-state index contributed by atoms with van der Waals surface area (Å²) in [4.78, 5) is 0. The fourth-order valence-electron chi connectivity index (χ4n) is 1.22. The van der Waals surface area contributed by atoms with Crippen LogP contribution in [-0.2, 0) is 5.88 Å². The van der Waals surface area contributed by atoms with E-state index in [2.05, 4.69) is 26.1 Å². The summed E-state index contributed by atoms with van der Waals surface area (Å²) in [6, 6.07) is 4.65. The quantitative estimate of drug-likeness (QED) is 0.796. The lowest BCUT2D eigenvalue weighted by molar-refractivity contribution is 0.616. The lowest BCUT2D eigenvalue weighted by atomic mass is 10.3. The van der Waals surface area contributed by atoms with Gasteiger partial charge in [-0.1, -0.05) is 15.9 Å². The van der Waals surface area contributed by atoms with E-state index in [9.17, 15) is 4.39 Å². The van der Waals surface area contributed by atoms with Crippen molar-refractivity contribution in [3.05, 3.63) is 40.6 Å². The molecule has 1 aromatic heterocycles. The van der Waals surface area contributed by atoms with Crippen LogP contribution in [-0.4, -0.2) is 14.8 Å². The molecule has 6 heteroatoms. The van der Waals surface area contributed by atoms with E-state index < -0.39 is 0 Å². The van der Waals surface area contributed by atoms with E-state index in [1.54, 1.807) is 12.1 Å². The monoisotopic (exact) mass is 289 g/mol. The highest BCUT2D eigenvalue weighted by Gasteiger charge is 2.09. The molecule has 0 N–H and O–H groups in total. The molecule has 15 heavy (non-hydrogen) atoms. The van der Waals surface area contributed by atoms with E-state index in [0.29, 0.717) is 11.5 Å². The minimum absolute atomic E-state index is 0.186. The number of hydrogen-bond acceptors (Lipinski definition) is 2. The Morgan fingerprint density at radius 1 is 1.47 bits per heavy atom. The predicted molar refractivity (Wildman–Crippen MR) is 58.6 cm³/mol. The van der Waals surface area contributed by atoms with Crippen LogP contribution in [0.5, 0.6) is 0 Å². The van der Waals surface area contributed by atoms with E-state index in [1.165, 1.54) is 17.0 Å². The van der Waals surface area contributed by atoms with Gasteiger partial charge in [0.15, 0.2) is 5.82 Å². The van der Waals surface area contributed by atoms with E-state index in [4.69, 9.17) is 11.6 Å². The van der Waals surface area contributed by atoms with Crippen molar-refractivity contribution >= 4 is 27.5 Å². The standard InChI is InChI=1S/C9H6BrClFN3/c10-6-1-2-7(12)8(3-6)15-5-13-14-9(15)4-11/h1-3,5H,4H2. The van der Waals surface area contributed by atoms with Crippen LogP contribution in [0.3, 0.4) is 0 Å². The zero-order chi connectivity index (χ0) is 10.8. The largest absolute Gasteiger partial charge is 0.282 e. The first kappa shape index (κ1) is 10.6. The maximum absolute atomic E-state index is 13.5. The molecule has 0 aliphatic rings. The Morgan fingerprint density at radius 2 is 2.27 bits per heavy atom. The van der Waals surface area contributed by atoms with Crippen molar-refractivity contribution in [1.29, 1.82) is 0 Å². The molecule has 2 aromatic rings. The third kappa shape index (κ3) is 2.03. The summed E-state index contributed by atoms with van der Waals surface area (Å²) in [6.07, 6.45) is 1.43. The lowest BCUT2D eigenvalue weighted by Crippen LogP contribution is -2.00. The Kier molecular flexibility index (Phi) is 3.02. The second-order valence-electron chi connectivity index (χ2n) is 2.85. The van der Waals surface area contributed by atoms with Crippen molar-refractivity contribution in [3.8, 4) is 5.69 Å². The van der Waals surface area contributed by atoms with Crippen LogP contribution in [0.15, 0.2) is 29.0 Å². The number of alkyl halides is 1. The van der Waals surface area contributed by atoms with Crippen molar-refractivity contribution in [1.82, 2.24) is 14.8 Å². The molecule has 0 bridgehead atoms. The first-order valence-electron chi connectivity index (χ1n) is 4.12. The maximum atomic E-state index is 13.5. The molecule has 0 saturated heterocycles. The number of rotatable bonds is 2. The van der Waals surface area contributed by atoms with E-state index in [-0.39, 0.29) is 11.7 Å². The van der Waals surface area contributed by atoms with Crippen molar-refractivity contribution in [2.75, 3.05) is 0 Å². The van der Waals surface area contributed by atoms with E-state index in [1.807, 2.05) is 0 Å². The van der Waals surface area contributed by atoms with Crippen molar-refractivity contribution in [2.45, 2.75) is 5.88 Å². The van der Waals surface area contributed by atoms with Gasteiger partial charge in [-0.25, -0.2) is 4.39 Å². The third-order valence-corrected chi connectivity index (χ3v) is 2.64. The molecule has 2 rings (SSSR count). The highest BCUT2D eigenvalue weighted by Crippen LogP contribution is 2.20. The molecular formula is C9H6BrClFN3. The second-order valence-corrected chi connectivity index (χ2v) is 4.03. The lowest BCUT2D eigenvalue weighted by Gasteiger charge is -2.06. The van der Waals surface area contributed by atoms with Crippen LogP contribution >= 0.6 is 27.5 Å². The van der Waals surface area contributed by atoms with Gasteiger partial charge in [-0.3, -0.25) is 4.57 Å². The van der Waals surface area contributed by atoms with Gasteiger partial charge in [-0.15, -0.1) is 21.8 Å². The number of benzene rings is 1. The fourth-order valence-corrected chi connectivity index (χ4v) is 1.75. The Balaban J connectivity index is 2.58. The summed E-state index contributed by atoms with van der Waals surface area (Å²) in [5.74, 6) is 0.351. The second kappa shape index (κ2) is 4.28. The Morgan fingerprint density at radius 3 is 3.00 bits per heavy atom. The molecule has 1 heterocycles. The number of halogens is 3. The molecule has 78 valence electrons. The van der Waals surface area contributed by atoms with Gasteiger partial charge < -0.3 is 0 Å². The molecule has 0 saturated carbocycles. The molecular weight excluding hydrogens is 284 g/mol. The van der Waals surface area contributed by atoms with Gasteiger partial charge in [0.1, 0.15) is 12.1 Å². The van der Waals surface area contributed by atoms with Crippen LogP contribution in [0.4, 0.5) is 4.39 Å². The Bertz CT molecular complexity index is 486. The fraction of sp³-hybridized carbons (Fsp3) is 0.111. The Labute approximate surface area is 99.0 Å². The molecule has 1 aromatic carbocycles. The minimum atomic E-state index is -0.343. The van der Waals surface area contributed by atoms with E-state index >= 15 is 0 Å². The smallest absolute Gasteiger partial charge is 0.152 e. The van der Waals surface area contributed by atoms with Crippen LogP contribution in [0.2, 0.25) is 0 Å². The zero-order valence-corrected chi connectivity index (χ0v) is 9.83. The van der Waals surface area contributed by atoms with Crippen LogP contribution < -0.4 is 0 Å². The molecule has 0 aliphatic heterocycles. The van der Waals surface area contributed by atoms with Crippen LogP contribution in [0.1, 0.15) is 5.82 Å². The number of aromatic nitrogens is 3. The highest BCUT2D eigenvalue weighted by atomic mass is 79.9. The summed E-state index contributed by atoms with van der Waals surface area (Å²) >= 11 is 8.93. The number of hydrogen-bond donors (Lipinski definition) is 0. The summed E-state index contributed by atoms with van der Waals surface area (Å²) in [5, 5.41) is 7.47. The number of nitrogens with zero attached hydrogens (tertiary/aromatic N) is 3. The normalized spacial score (nSPS) is 10.6. The molecule has 0 aliphatic carbocycles. The van der Waals surface area contributed by atoms with Gasteiger partial charge in [-0.2, -0.15) is 0 Å². The summed E-state index contributed by atoms with van der Waals surface area (Å²) < 4.78 is 15.8. The molecule has 0 atom stereocenters. The first-order chi connectivity index (χ1) is 7.22. The molecule has 0 radical (unpaired) electrons. The van der Waals surface area contributed by atoms with Gasteiger partial charge in [0.25, 0.3) is 0 Å². The topological polar surface area (TPSA) is 30.7 Å². The van der Waals surface area contributed by atoms with Crippen molar-refractivity contribution in [3.63, 3.8) is 0 Å². The average molecular weight is 291 g/mol. The summed E-state index contributed by atoms with van der Waals surface area (Å²) in [7, 11) is 0. The van der Waals surface area contributed by atoms with Gasteiger partial charge in [0.05, 0.1) is 11.6 Å². The van der Waals surface area contributed by atoms with E-state index in [0.717, 1.165) is 4.47 Å². The third-order valence-electron chi connectivity index (χ3n) is 1.91. The Hall–Kier alpha value is -0.940. The highest BCUT2D eigenvalue weighted by molar-refractivity contribution is 9.10. The van der Waals surface area contributed by atoms with Gasteiger partial charge in [0, 0.05) is 4.47 Å². The zero-order valence-electron chi connectivity index (χ0n) is 7.49. The molecule has 0 spiro atoms. The first-order valence-corrected chi connectivity index (χ1v) is 5.45. The summed E-state index contributed by atoms with van der Waals surface area (Å²) in [6.45, 7) is 0. The maximum Gasteiger partial charge on any atom is 0.152 e. The summed E-state index contributed by atoms with van der Waals surface area (Å²) in [5.41, 5.74) is 0.380. The van der Waals surface area contributed by atoms with Crippen LogP contribution in [0.25, 0.3) is 5.69 Å². The minimum Gasteiger partial charge on any atom is -0.282 e. The van der Waals surface area contributed by atoms with Gasteiger partial charge in [0.2, 0.25) is 0 Å². The van der Waals surface area contributed by atoms with Gasteiger partial charge >= 0.3 is 0 Å². The predicted octanol–water partition coefficient (Wildman–Crippen LogP) is 2.91. The van der Waals surface area contributed by atoms with Crippen molar-refractivity contribution < 1.29 is 4.39 Å². The van der Waals surface area contributed by atoms with Crippen molar-refractivity contribution in [2.24, 2.45) is 0 Å². The molecule has 0 fully saturated rings. The SMILES string of the molecule is Fc1ccc(Br)cc1-n1cnnc1CCl. The van der Waals surface area contributed by atoms with Crippen LogP contribution in [0, 0.1) is 5.82 Å².